The molecule has 0 saturated carbocycles. The van der Waals surface area contributed by atoms with Gasteiger partial charge in [-0.05, 0) is 19.1 Å². The van der Waals surface area contributed by atoms with Gasteiger partial charge in [-0.1, -0.05) is 0 Å². The van der Waals surface area contributed by atoms with E-state index in [1.807, 2.05) is 0 Å². The predicted octanol–water partition coefficient (Wildman–Crippen LogP) is 1.78. The van der Waals surface area contributed by atoms with Gasteiger partial charge in [-0.3, -0.25) is 4.99 Å². The molecule has 52 valence electrons. The fraction of sp³-hybridized carbons (Fsp3) is 0.800. The van der Waals surface area contributed by atoms with Crippen LogP contribution in [0.5, 0.6) is 0 Å². The van der Waals surface area contributed by atoms with E-state index in [1.54, 1.807) is 0 Å². The van der Waals surface area contributed by atoms with E-state index in [0.717, 1.165) is 0 Å². The largest absolute Gasteiger partial charge is 0.410 e. The Morgan fingerprint density at radius 1 is 1.44 bits per heavy atom. The molecule has 1 nitrogen and oxygen atoms in total. The maximum atomic E-state index is 11.6. The van der Waals surface area contributed by atoms with Gasteiger partial charge in [-0.25, -0.2) is 0 Å². The highest BCUT2D eigenvalue weighted by atomic mass is 19.4. The Morgan fingerprint density at radius 3 is 2.33 bits per heavy atom. The van der Waals surface area contributed by atoms with Crippen LogP contribution in [0, 0.1) is 0 Å². The monoisotopic (exact) mass is 137 g/mol. The third kappa shape index (κ3) is 1.43. The first kappa shape index (κ1) is 6.58. The number of hydrogen-bond acceptors (Lipinski definition) is 1. The topological polar surface area (TPSA) is 12.4 Å². The molecule has 0 N–H and O–H groups in total. The lowest BCUT2D eigenvalue weighted by Gasteiger charge is -2.09. The lowest BCUT2D eigenvalue weighted by molar-refractivity contribution is -0.146. The van der Waals surface area contributed by atoms with Crippen molar-refractivity contribution in [3.63, 3.8) is 0 Å². The number of hydrogen-bond donors (Lipinski definition) is 0. The molecule has 1 unspecified atom stereocenters. The van der Waals surface area contributed by atoms with E-state index in [9.17, 15) is 13.2 Å². The fourth-order valence-electron chi connectivity index (χ4n) is 0.757. The molecule has 0 aliphatic carbocycles. The van der Waals surface area contributed by atoms with E-state index < -0.39 is 12.2 Å². The average molecular weight is 137 g/mol. The van der Waals surface area contributed by atoms with E-state index in [2.05, 4.69) is 4.99 Å². The van der Waals surface area contributed by atoms with Crippen molar-refractivity contribution < 1.29 is 13.2 Å². The zero-order chi connectivity index (χ0) is 6.91. The quantitative estimate of drug-likeness (QED) is 0.482. The summed E-state index contributed by atoms with van der Waals surface area (Å²) in [6.45, 7) is 0. The van der Waals surface area contributed by atoms with Crippen LogP contribution in [0.2, 0.25) is 0 Å². The van der Waals surface area contributed by atoms with Crippen molar-refractivity contribution >= 4 is 6.21 Å². The maximum absolute atomic E-state index is 11.6. The molecular formula is C5H6F3N. The molecule has 1 heterocycles. The second kappa shape index (κ2) is 2.01. The van der Waals surface area contributed by atoms with Gasteiger partial charge < -0.3 is 0 Å². The van der Waals surface area contributed by atoms with Gasteiger partial charge in [-0.2, -0.15) is 13.2 Å². The van der Waals surface area contributed by atoms with Gasteiger partial charge in [-0.15, -0.1) is 0 Å². The van der Waals surface area contributed by atoms with Crippen molar-refractivity contribution in [3.8, 4) is 0 Å². The second-order valence-corrected chi connectivity index (χ2v) is 1.97. The summed E-state index contributed by atoms with van der Waals surface area (Å²) in [5.41, 5.74) is 0. The molecule has 0 amide bonds. The minimum absolute atomic E-state index is 0.128. The highest BCUT2D eigenvalue weighted by Crippen LogP contribution is 2.28. The van der Waals surface area contributed by atoms with Crippen LogP contribution in [0.15, 0.2) is 4.99 Å². The smallest absolute Gasteiger partial charge is 0.285 e. The molecule has 0 radical (unpaired) electrons. The summed E-state index contributed by atoms with van der Waals surface area (Å²) in [4.78, 5) is 3.26. The molecule has 9 heavy (non-hydrogen) atoms. The molecule has 1 atom stereocenters. The highest BCUT2D eigenvalue weighted by Gasteiger charge is 2.39. The van der Waals surface area contributed by atoms with Gasteiger partial charge in [0.05, 0.1) is 0 Å². The van der Waals surface area contributed by atoms with Gasteiger partial charge in [0.1, 0.15) is 6.04 Å². The SMILES string of the molecule is FC(F)(F)C1CCC=N1. The minimum Gasteiger partial charge on any atom is -0.285 e. The van der Waals surface area contributed by atoms with Crippen LogP contribution in [-0.4, -0.2) is 18.4 Å². The Morgan fingerprint density at radius 2 is 2.11 bits per heavy atom. The molecule has 0 aromatic heterocycles. The Balaban J connectivity index is 2.53. The predicted molar refractivity (Wildman–Crippen MR) is 27.6 cm³/mol. The number of alkyl halides is 3. The van der Waals surface area contributed by atoms with Crippen LogP contribution in [-0.2, 0) is 0 Å². The summed E-state index contributed by atoms with van der Waals surface area (Å²) in [6.07, 6.45) is -2.20. The molecule has 4 heteroatoms. The first-order chi connectivity index (χ1) is 4.11. The summed E-state index contributed by atoms with van der Waals surface area (Å²) in [5.74, 6) is 0. The van der Waals surface area contributed by atoms with Crippen LogP contribution < -0.4 is 0 Å². The Kier molecular flexibility index (Phi) is 1.47. The van der Waals surface area contributed by atoms with Gasteiger partial charge in [0.25, 0.3) is 0 Å². The van der Waals surface area contributed by atoms with E-state index >= 15 is 0 Å². The molecule has 0 aromatic carbocycles. The summed E-state index contributed by atoms with van der Waals surface area (Å²) in [6, 6.07) is -1.42. The molecule has 1 rings (SSSR count). The van der Waals surface area contributed by atoms with Crippen LogP contribution in [0.4, 0.5) is 13.2 Å². The van der Waals surface area contributed by atoms with E-state index in [0.29, 0.717) is 6.42 Å². The average Bonchev–Trinajstić information content (AvgIpc) is 2.08. The Bertz CT molecular complexity index is 127. The third-order valence-corrected chi connectivity index (χ3v) is 1.23. The van der Waals surface area contributed by atoms with Crippen molar-refractivity contribution in [1.29, 1.82) is 0 Å². The van der Waals surface area contributed by atoms with Gasteiger partial charge in [0.2, 0.25) is 0 Å². The number of aliphatic imine (C=N–C) groups is 1. The van der Waals surface area contributed by atoms with Crippen LogP contribution in [0.1, 0.15) is 12.8 Å². The van der Waals surface area contributed by atoms with E-state index in [-0.39, 0.29) is 6.42 Å². The fourth-order valence-corrected chi connectivity index (χ4v) is 0.757. The molecule has 1 aliphatic heterocycles. The zero-order valence-electron chi connectivity index (χ0n) is 4.65. The second-order valence-electron chi connectivity index (χ2n) is 1.97. The van der Waals surface area contributed by atoms with Crippen molar-refractivity contribution in [1.82, 2.24) is 0 Å². The molecule has 0 fully saturated rings. The van der Waals surface area contributed by atoms with Gasteiger partial charge >= 0.3 is 6.18 Å². The lowest BCUT2D eigenvalue weighted by Crippen LogP contribution is -2.24. The van der Waals surface area contributed by atoms with Gasteiger partial charge in [0, 0.05) is 0 Å². The first-order valence-corrected chi connectivity index (χ1v) is 2.69. The van der Waals surface area contributed by atoms with Crippen molar-refractivity contribution in [2.24, 2.45) is 4.99 Å². The summed E-state index contributed by atoms with van der Waals surface area (Å²) < 4.78 is 34.9. The third-order valence-electron chi connectivity index (χ3n) is 1.23. The van der Waals surface area contributed by atoms with E-state index in [1.165, 1.54) is 6.21 Å². The van der Waals surface area contributed by atoms with Crippen molar-refractivity contribution in [2.75, 3.05) is 0 Å². The molecule has 0 saturated heterocycles. The molecule has 0 spiro atoms. The van der Waals surface area contributed by atoms with Crippen LogP contribution >= 0.6 is 0 Å². The normalized spacial score (nSPS) is 27.2. The number of nitrogens with zero attached hydrogens (tertiary/aromatic N) is 1. The molecule has 0 bridgehead atoms. The van der Waals surface area contributed by atoms with E-state index in [4.69, 9.17) is 0 Å². The molecule has 0 aromatic rings. The maximum Gasteiger partial charge on any atom is 0.410 e. The number of halogens is 3. The Hall–Kier alpha value is -0.540. The summed E-state index contributed by atoms with van der Waals surface area (Å²) >= 11 is 0. The van der Waals surface area contributed by atoms with Crippen molar-refractivity contribution in [3.05, 3.63) is 0 Å². The standard InChI is InChI=1S/C5H6F3N/c6-5(7,8)4-2-1-3-9-4/h3-4H,1-2H2. The highest BCUT2D eigenvalue weighted by molar-refractivity contribution is 5.59. The summed E-state index contributed by atoms with van der Waals surface area (Å²) in [5, 5.41) is 0. The van der Waals surface area contributed by atoms with Crippen molar-refractivity contribution in [2.45, 2.75) is 25.1 Å². The molecule has 1 aliphatic rings. The minimum atomic E-state index is -4.12. The summed E-state index contributed by atoms with van der Waals surface area (Å²) in [7, 11) is 0. The van der Waals surface area contributed by atoms with Crippen LogP contribution in [0.3, 0.4) is 0 Å². The number of rotatable bonds is 0. The molecular weight excluding hydrogens is 131 g/mol. The van der Waals surface area contributed by atoms with Gasteiger partial charge in [0.15, 0.2) is 0 Å². The first-order valence-electron chi connectivity index (χ1n) is 2.69. The Labute approximate surface area is 50.6 Å². The lowest BCUT2D eigenvalue weighted by atomic mass is 10.2. The zero-order valence-corrected chi connectivity index (χ0v) is 4.65. The van der Waals surface area contributed by atoms with Crippen LogP contribution in [0.25, 0.3) is 0 Å².